The third-order valence-corrected chi connectivity index (χ3v) is 3.91. The van der Waals surface area contributed by atoms with Gasteiger partial charge >= 0.3 is 0 Å². The molecule has 2 N–H and O–H groups in total. The molecular formula is C11H15N3O2. The van der Waals surface area contributed by atoms with Crippen molar-refractivity contribution >= 4 is 17.6 Å². The third kappa shape index (κ3) is 1.24. The summed E-state index contributed by atoms with van der Waals surface area (Å²) in [4.78, 5) is 27.9. The van der Waals surface area contributed by atoms with Gasteiger partial charge in [-0.2, -0.15) is 4.99 Å². The Morgan fingerprint density at radius 1 is 1.25 bits per heavy atom. The van der Waals surface area contributed by atoms with Crippen LogP contribution in [0.3, 0.4) is 0 Å². The summed E-state index contributed by atoms with van der Waals surface area (Å²) in [5.74, 6) is 0.165. The highest BCUT2D eigenvalue weighted by Crippen LogP contribution is 2.43. The summed E-state index contributed by atoms with van der Waals surface area (Å²) in [6.45, 7) is 0.929. The van der Waals surface area contributed by atoms with E-state index in [9.17, 15) is 9.59 Å². The molecule has 5 heteroatoms. The summed E-state index contributed by atoms with van der Waals surface area (Å²) in [6, 6.07) is 0.0605. The van der Waals surface area contributed by atoms with E-state index in [-0.39, 0.29) is 17.9 Å². The van der Waals surface area contributed by atoms with Crippen LogP contribution in [-0.4, -0.2) is 30.2 Å². The van der Waals surface area contributed by atoms with E-state index in [0.717, 1.165) is 25.8 Å². The van der Waals surface area contributed by atoms with Gasteiger partial charge in [-0.05, 0) is 32.2 Å². The Labute approximate surface area is 93.7 Å². The van der Waals surface area contributed by atoms with Crippen LogP contribution in [0.5, 0.6) is 0 Å². The zero-order chi connectivity index (χ0) is 11.2. The lowest BCUT2D eigenvalue weighted by Crippen LogP contribution is -2.59. The number of nitrogens with one attached hydrogen (secondary N) is 2. The van der Waals surface area contributed by atoms with E-state index in [1.54, 1.807) is 0 Å². The maximum atomic E-state index is 11.9. The molecule has 1 unspecified atom stereocenters. The van der Waals surface area contributed by atoms with Crippen LogP contribution in [-0.2, 0) is 9.59 Å². The van der Waals surface area contributed by atoms with Gasteiger partial charge in [-0.1, -0.05) is 6.42 Å². The minimum Gasteiger partial charge on any atom is -0.312 e. The molecule has 5 nitrogen and oxygen atoms in total. The fraction of sp³-hybridized carbons (Fsp3) is 0.727. The standard InChI is InChI=1S/C11H15N3O2/c15-9-11(4-2-5-11)10(16)14-8(13-9)7-3-1-6-12-7/h7,12H,1-6H2,(H,13,14,15,16). The molecule has 1 spiro atoms. The average molecular weight is 221 g/mol. The average Bonchev–Trinajstić information content (AvgIpc) is 2.66. The third-order valence-electron chi connectivity index (χ3n) is 3.91. The van der Waals surface area contributed by atoms with Crippen molar-refractivity contribution in [2.75, 3.05) is 6.54 Å². The van der Waals surface area contributed by atoms with E-state index in [1.807, 2.05) is 0 Å². The smallest absolute Gasteiger partial charge is 0.263 e. The molecule has 0 aromatic carbocycles. The van der Waals surface area contributed by atoms with Crippen LogP contribution in [0.4, 0.5) is 0 Å². The van der Waals surface area contributed by atoms with Gasteiger partial charge in [0.05, 0.1) is 6.04 Å². The number of aliphatic imine (C=N–C) groups is 1. The highest BCUT2D eigenvalue weighted by molar-refractivity contribution is 6.20. The fourth-order valence-corrected chi connectivity index (χ4v) is 2.63. The molecule has 2 heterocycles. The molecule has 0 aromatic rings. The van der Waals surface area contributed by atoms with E-state index in [0.29, 0.717) is 18.7 Å². The van der Waals surface area contributed by atoms with Crippen molar-refractivity contribution in [3.8, 4) is 0 Å². The van der Waals surface area contributed by atoms with Gasteiger partial charge in [-0.25, -0.2) is 0 Å². The molecule has 3 rings (SSSR count). The van der Waals surface area contributed by atoms with Crippen molar-refractivity contribution < 1.29 is 9.59 Å². The highest BCUT2D eigenvalue weighted by Gasteiger charge is 2.53. The molecule has 3 aliphatic rings. The van der Waals surface area contributed by atoms with Crippen molar-refractivity contribution in [1.29, 1.82) is 0 Å². The number of amides is 2. The topological polar surface area (TPSA) is 70.6 Å². The SMILES string of the molecule is O=C1N=C(C2CCCN2)NC(=O)C12CCC2. The maximum Gasteiger partial charge on any atom is 0.263 e. The number of nitrogens with zero attached hydrogens (tertiary/aromatic N) is 1. The molecule has 1 atom stereocenters. The van der Waals surface area contributed by atoms with Crippen LogP contribution in [0.1, 0.15) is 32.1 Å². The second kappa shape index (κ2) is 3.38. The largest absolute Gasteiger partial charge is 0.312 e. The van der Waals surface area contributed by atoms with E-state index in [2.05, 4.69) is 15.6 Å². The predicted octanol–water partition coefficient (Wildman–Crippen LogP) is -0.0364. The summed E-state index contributed by atoms with van der Waals surface area (Å²) in [5, 5.41) is 6.04. The first kappa shape index (κ1) is 9.96. The van der Waals surface area contributed by atoms with E-state index < -0.39 is 5.41 Å². The Bertz CT molecular complexity index is 379. The van der Waals surface area contributed by atoms with Crippen LogP contribution in [0, 0.1) is 5.41 Å². The Morgan fingerprint density at radius 3 is 2.56 bits per heavy atom. The minimum absolute atomic E-state index is 0.0605. The minimum atomic E-state index is -0.803. The second-order valence-corrected chi connectivity index (χ2v) is 4.84. The number of hydrogen-bond donors (Lipinski definition) is 2. The first-order valence-electron chi connectivity index (χ1n) is 5.90. The molecule has 2 amide bonds. The van der Waals surface area contributed by atoms with E-state index in [4.69, 9.17) is 0 Å². The van der Waals surface area contributed by atoms with Crippen molar-refractivity contribution in [1.82, 2.24) is 10.6 Å². The molecule has 0 aromatic heterocycles. The van der Waals surface area contributed by atoms with Crippen LogP contribution < -0.4 is 10.6 Å². The normalized spacial score (nSPS) is 32.2. The number of carbonyl (C=O) groups is 2. The number of amidine groups is 1. The van der Waals surface area contributed by atoms with Gasteiger partial charge in [0.1, 0.15) is 11.3 Å². The molecule has 2 fully saturated rings. The lowest BCUT2D eigenvalue weighted by atomic mass is 9.67. The number of rotatable bonds is 1. The maximum absolute atomic E-state index is 11.9. The van der Waals surface area contributed by atoms with E-state index in [1.165, 1.54) is 0 Å². The molecule has 16 heavy (non-hydrogen) atoms. The molecule has 1 aliphatic carbocycles. The van der Waals surface area contributed by atoms with Gasteiger partial charge in [-0.3, -0.25) is 9.59 Å². The lowest BCUT2D eigenvalue weighted by Gasteiger charge is -2.40. The van der Waals surface area contributed by atoms with Crippen LogP contribution in [0.15, 0.2) is 4.99 Å². The monoisotopic (exact) mass is 221 g/mol. The van der Waals surface area contributed by atoms with Crippen LogP contribution in [0.2, 0.25) is 0 Å². The Kier molecular flexibility index (Phi) is 2.10. The quantitative estimate of drug-likeness (QED) is 0.610. The molecule has 2 aliphatic heterocycles. The van der Waals surface area contributed by atoms with Gasteiger partial charge < -0.3 is 10.6 Å². The Hall–Kier alpha value is -1.23. The molecule has 86 valence electrons. The van der Waals surface area contributed by atoms with Crippen LogP contribution >= 0.6 is 0 Å². The Morgan fingerprint density at radius 2 is 2.06 bits per heavy atom. The number of hydrogen-bond acceptors (Lipinski definition) is 3. The summed E-state index contributed by atoms with van der Waals surface area (Å²) < 4.78 is 0. The van der Waals surface area contributed by atoms with Gasteiger partial charge in [-0.15, -0.1) is 0 Å². The molecular weight excluding hydrogens is 206 g/mol. The van der Waals surface area contributed by atoms with Gasteiger partial charge in [0.2, 0.25) is 5.91 Å². The zero-order valence-electron chi connectivity index (χ0n) is 9.08. The lowest BCUT2D eigenvalue weighted by molar-refractivity contribution is -0.147. The molecule has 0 radical (unpaired) electrons. The summed E-state index contributed by atoms with van der Waals surface area (Å²) in [5.41, 5.74) is -0.803. The van der Waals surface area contributed by atoms with Gasteiger partial charge in [0.25, 0.3) is 5.91 Å². The van der Waals surface area contributed by atoms with E-state index >= 15 is 0 Å². The van der Waals surface area contributed by atoms with Crippen molar-refractivity contribution in [2.45, 2.75) is 38.1 Å². The first-order chi connectivity index (χ1) is 7.72. The highest BCUT2D eigenvalue weighted by atomic mass is 16.2. The fourth-order valence-electron chi connectivity index (χ4n) is 2.63. The molecule has 1 saturated heterocycles. The summed E-state index contributed by atoms with van der Waals surface area (Å²) >= 11 is 0. The van der Waals surface area contributed by atoms with Gasteiger partial charge in [0.15, 0.2) is 0 Å². The summed E-state index contributed by atoms with van der Waals surface area (Å²) in [7, 11) is 0. The Balaban J connectivity index is 1.85. The second-order valence-electron chi connectivity index (χ2n) is 4.84. The van der Waals surface area contributed by atoms with Gasteiger partial charge in [0, 0.05) is 0 Å². The first-order valence-corrected chi connectivity index (χ1v) is 5.90. The predicted molar refractivity (Wildman–Crippen MR) is 57.9 cm³/mol. The molecule has 1 saturated carbocycles. The summed E-state index contributed by atoms with van der Waals surface area (Å²) in [6.07, 6.45) is 4.28. The van der Waals surface area contributed by atoms with Crippen molar-refractivity contribution in [3.63, 3.8) is 0 Å². The van der Waals surface area contributed by atoms with Crippen molar-refractivity contribution in [3.05, 3.63) is 0 Å². The van der Waals surface area contributed by atoms with Crippen molar-refractivity contribution in [2.24, 2.45) is 10.4 Å². The number of carbonyl (C=O) groups excluding carboxylic acids is 2. The zero-order valence-corrected chi connectivity index (χ0v) is 9.08. The molecule has 0 bridgehead atoms. The van der Waals surface area contributed by atoms with Crippen LogP contribution in [0.25, 0.3) is 0 Å².